The van der Waals surface area contributed by atoms with Gasteiger partial charge >= 0.3 is 0 Å². The van der Waals surface area contributed by atoms with Gasteiger partial charge in [0.2, 0.25) is 10.0 Å². The summed E-state index contributed by atoms with van der Waals surface area (Å²) in [6.45, 7) is 9.26. The maximum atomic E-state index is 12.5. The van der Waals surface area contributed by atoms with Gasteiger partial charge in [-0.2, -0.15) is 4.31 Å². The minimum Gasteiger partial charge on any atom is -0.318 e. The van der Waals surface area contributed by atoms with Gasteiger partial charge in [-0.1, -0.05) is 13.8 Å². The van der Waals surface area contributed by atoms with Crippen molar-refractivity contribution in [3.63, 3.8) is 0 Å². The van der Waals surface area contributed by atoms with Crippen molar-refractivity contribution in [1.29, 1.82) is 0 Å². The van der Waals surface area contributed by atoms with Crippen LogP contribution < -0.4 is 5.32 Å². The summed E-state index contributed by atoms with van der Waals surface area (Å²) >= 11 is 0. The van der Waals surface area contributed by atoms with Crippen LogP contribution in [0.25, 0.3) is 0 Å². The highest BCUT2D eigenvalue weighted by Gasteiger charge is 2.38. The molecule has 5 heteroatoms. The van der Waals surface area contributed by atoms with Crippen LogP contribution in [0.5, 0.6) is 0 Å². The van der Waals surface area contributed by atoms with Crippen molar-refractivity contribution < 1.29 is 8.42 Å². The van der Waals surface area contributed by atoms with Gasteiger partial charge in [0.1, 0.15) is 0 Å². The molecule has 1 saturated heterocycles. The Hall–Kier alpha value is -0.130. The molecule has 4 unspecified atom stereocenters. The summed E-state index contributed by atoms with van der Waals surface area (Å²) in [6.07, 6.45) is 1.12. The van der Waals surface area contributed by atoms with Gasteiger partial charge in [-0.15, -0.1) is 0 Å². The van der Waals surface area contributed by atoms with E-state index in [1.54, 1.807) is 18.3 Å². The maximum absolute atomic E-state index is 12.5. The van der Waals surface area contributed by atoms with Crippen LogP contribution in [0.4, 0.5) is 0 Å². The average molecular weight is 262 g/mol. The number of rotatable bonds is 4. The maximum Gasteiger partial charge on any atom is 0.218 e. The Kier molecular flexibility index (Phi) is 4.98. The van der Waals surface area contributed by atoms with Crippen molar-refractivity contribution in [1.82, 2.24) is 9.62 Å². The molecule has 0 bridgehead atoms. The van der Waals surface area contributed by atoms with E-state index in [1.807, 2.05) is 6.92 Å². The number of hydrogen-bond acceptors (Lipinski definition) is 3. The van der Waals surface area contributed by atoms with Gasteiger partial charge in [0.25, 0.3) is 0 Å². The molecule has 0 aliphatic carbocycles. The number of hydrogen-bond donors (Lipinski definition) is 1. The second-order valence-electron chi connectivity index (χ2n) is 5.54. The van der Waals surface area contributed by atoms with Crippen LogP contribution in [0.15, 0.2) is 0 Å². The summed E-state index contributed by atoms with van der Waals surface area (Å²) in [4.78, 5) is 0. The van der Waals surface area contributed by atoms with E-state index in [0.717, 1.165) is 6.42 Å². The first kappa shape index (κ1) is 14.9. The molecule has 1 rings (SSSR count). The van der Waals surface area contributed by atoms with Crippen molar-refractivity contribution in [2.75, 3.05) is 20.1 Å². The molecular formula is C12H26N2O2S. The van der Waals surface area contributed by atoms with Gasteiger partial charge < -0.3 is 5.32 Å². The van der Waals surface area contributed by atoms with Crippen molar-refractivity contribution in [2.45, 2.75) is 45.4 Å². The lowest BCUT2D eigenvalue weighted by molar-refractivity contribution is 0.156. The first-order chi connectivity index (χ1) is 7.80. The second kappa shape index (κ2) is 5.67. The smallest absolute Gasteiger partial charge is 0.218 e. The third kappa shape index (κ3) is 3.20. The Labute approximate surface area is 106 Å². The molecule has 0 aromatic rings. The molecule has 0 radical (unpaired) electrons. The van der Waals surface area contributed by atoms with Crippen LogP contribution in [0.1, 0.15) is 34.1 Å². The predicted octanol–water partition coefficient (Wildman–Crippen LogP) is 1.29. The van der Waals surface area contributed by atoms with E-state index >= 15 is 0 Å². The molecule has 17 heavy (non-hydrogen) atoms. The summed E-state index contributed by atoms with van der Waals surface area (Å²) in [6, 6.07) is 0.121. The van der Waals surface area contributed by atoms with Gasteiger partial charge in [0, 0.05) is 19.1 Å². The molecule has 1 aliphatic rings. The average Bonchev–Trinajstić information content (AvgIpc) is 2.23. The Morgan fingerprint density at radius 2 is 1.94 bits per heavy atom. The standard InChI is InChI=1S/C12H26N2O2S/c1-9-6-10(2)12(4)14(8-9)17(15,16)11(3)7-13-5/h9-13H,6-8H2,1-5H3. The van der Waals surface area contributed by atoms with E-state index in [-0.39, 0.29) is 11.3 Å². The summed E-state index contributed by atoms with van der Waals surface area (Å²) in [7, 11) is -1.38. The lowest BCUT2D eigenvalue weighted by Gasteiger charge is -2.41. The molecule has 1 aliphatic heterocycles. The van der Waals surface area contributed by atoms with Crippen LogP contribution in [0.3, 0.4) is 0 Å². The highest BCUT2D eigenvalue weighted by Crippen LogP contribution is 2.30. The summed E-state index contributed by atoms with van der Waals surface area (Å²) in [5, 5.41) is 2.59. The Bertz CT molecular complexity index is 342. The molecule has 0 aromatic carbocycles. The molecule has 0 amide bonds. The minimum absolute atomic E-state index is 0.121. The van der Waals surface area contributed by atoms with E-state index in [4.69, 9.17) is 0 Å². The molecule has 4 nitrogen and oxygen atoms in total. The van der Waals surface area contributed by atoms with Gasteiger partial charge in [0.15, 0.2) is 0 Å². The van der Waals surface area contributed by atoms with Gasteiger partial charge in [-0.25, -0.2) is 8.42 Å². The van der Waals surface area contributed by atoms with E-state index < -0.39 is 10.0 Å². The monoisotopic (exact) mass is 262 g/mol. The second-order valence-corrected chi connectivity index (χ2v) is 7.85. The largest absolute Gasteiger partial charge is 0.318 e. The van der Waals surface area contributed by atoms with Gasteiger partial charge in [-0.05, 0) is 39.2 Å². The Morgan fingerprint density at radius 1 is 1.35 bits per heavy atom. The molecule has 0 spiro atoms. The number of nitrogens with zero attached hydrogens (tertiary/aromatic N) is 1. The lowest BCUT2D eigenvalue weighted by Crippen LogP contribution is -2.52. The molecule has 4 atom stereocenters. The number of sulfonamides is 1. The van der Waals surface area contributed by atoms with E-state index in [1.165, 1.54) is 0 Å². The zero-order valence-electron chi connectivity index (χ0n) is 11.6. The first-order valence-electron chi connectivity index (χ1n) is 6.46. The predicted molar refractivity (Wildman–Crippen MR) is 71.4 cm³/mol. The summed E-state index contributed by atoms with van der Waals surface area (Å²) < 4.78 is 26.6. The third-order valence-corrected chi connectivity index (χ3v) is 6.19. The van der Waals surface area contributed by atoms with Crippen LogP contribution in [-0.4, -0.2) is 44.2 Å². The Balaban J connectivity index is 2.89. The fourth-order valence-corrected chi connectivity index (χ4v) is 4.60. The van der Waals surface area contributed by atoms with Crippen molar-refractivity contribution in [3.05, 3.63) is 0 Å². The fourth-order valence-electron chi connectivity index (χ4n) is 2.62. The minimum atomic E-state index is -3.17. The highest BCUT2D eigenvalue weighted by atomic mass is 32.2. The zero-order chi connectivity index (χ0) is 13.2. The van der Waals surface area contributed by atoms with Crippen molar-refractivity contribution in [3.8, 4) is 0 Å². The number of piperidine rings is 1. The summed E-state index contributed by atoms with van der Waals surface area (Å²) in [5.41, 5.74) is 0. The fraction of sp³-hybridized carbons (Fsp3) is 1.00. The quantitative estimate of drug-likeness (QED) is 0.830. The highest BCUT2D eigenvalue weighted by molar-refractivity contribution is 7.89. The summed E-state index contributed by atoms with van der Waals surface area (Å²) in [5.74, 6) is 0.896. The van der Waals surface area contributed by atoms with E-state index in [0.29, 0.717) is 24.9 Å². The molecule has 1 heterocycles. The van der Waals surface area contributed by atoms with Crippen LogP contribution in [0.2, 0.25) is 0 Å². The van der Waals surface area contributed by atoms with Crippen molar-refractivity contribution in [2.24, 2.45) is 11.8 Å². The molecule has 1 N–H and O–H groups in total. The zero-order valence-corrected chi connectivity index (χ0v) is 12.4. The van der Waals surface area contributed by atoms with Gasteiger partial charge in [0.05, 0.1) is 5.25 Å². The topological polar surface area (TPSA) is 49.4 Å². The van der Waals surface area contributed by atoms with Crippen LogP contribution in [0, 0.1) is 11.8 Å². The molecule has 0 saturated carbocycles. The van der Waals surface area contributed by atoms with E-state index in [2.05, 4.69) is 19.2 Å². The molecule has 102 valence electrons. The van der Waals surface area contributed by atoms with Crippen LogP contribution in [-0.2, 0) is 10.0 Å². The lowest BCUT2D eigenvalue weighted by atomic mass is 9.88. The molecule has 0 aromatic heterocycles. The normalized spacial score (nSPS) is 33.6. The third-order valence-electron chi connectivity index (χ3n) is 3.87. The molecular weight excluding hydrogens is 236 g/mol. The SMILES string of the molecule is CNCC(C)S(=O)(=O)N1CC(C)CC(C)C1C. The molecule has 1 fully saturated rings. The van der Waals surface area contributed by atoms with Gasteiger partial charge in [-0.3, -0.25) is 0 Å². The number of nitrogens with one attached hydrogen (secondary N) is 1. The van der Waals surface area contributed by atoms with Crippen molar-refractivity contribution >= 4 is 10.0 Å². The Morgan fingerprint density at radius 3 is 2.47 bits per heavy atom. The first-order valence-corrected chi connectivity index (χ1v) is 7.96. The van der Waals surface area contributed by atoms with E-state index in [9.17, 15) is 8.42 Å². The van der Waals surface area contributed by atoms with Crippen LogP contribution >= 0.6 is 0 Å².